The van der Waals surface area contributed by atoms with Crippen LogP contribution in [0.1, 0.15) is 52.3 Å². The molecule has 0 unspecified atom stereocenters. The van der Waals surface area contributed by atoms with E-state index >= 15 is 8.78 Å². The van der Waals surface area contributed by atoms with Gasteiger partial charge in [-0.15, -0.1) is 0 Å². The molecule has 0 atom stereocenters. The number of carboxylic acids is 1. The smallest absolute Gasteiger partial charge is 0.354 e. The summed E-state index contributed by atoms with van der Waals surface area (Å²) >= 11 is 0. The topological polar surface area (TPSA) is 127 Å². The number of aromatic nitrogens is 5. The largest absolute Gasteiger partial charge is 0.477 e. The Hall–Kier alpha value is -5.31. The van der Waals surface area contributed by atoms with Gasteiger partial charge in [-0.1, -0.05) is 12.1 Å². The molecule has 0 bridgehead atoms. The second-order valence-electron chi connectivity index (χ2n) is 11.0. The molecule has 1 aliphatic rings. The van der Waals surface area contributed by atoms with Crippen molar-refractivity contribution in [1.29, 1.82) is 5.26 Å². The molecule has 6 rings (SSSR count). The number of carbonyl (C=O) groups is 1. The fourth-order valence-electron chi connectivity index (χ4n) is 5.10. The zero-order chi connectivity index (χ0) is 31.0. The molecule has 2 aromatic carbocycles. The molecule has 0 saturated heterocycles. The van der Waals surface area contributed by atoms with Gasteiger partial charge in [0.2, 0.25) is 0 Å². The molecular weight excluding hydrogens is 573 g/mol. The lowest BCUT2D eigenvalue weighted by molar-refractivity contribution is 0.0691. The van der Waals surface area contributed by atoms with Gasteiger partial charge >= 0.3 is 12.0 Å². The van der Waals surface area contributed by atoms with Crippen molar-refractivity contribution in [2.24, 2.45) is 5.41 Å². The number of halogens is 3. The van der Waals surface area contributed by atoms with Gasteiger partial charge in [-0.3, -0.25) is 0 Å². The lowest BCUT2D eigenvalue weighted by atomic mass is 10.0. The quantitative estimate of drug-likeness (QED) is 0.202. The summed E-state index contributed by atoms with van der Waals surface area (Å²) in [5, 5.41) is 18.8. The highest BCUT2D eigenvalue weighted by Gasteiger charge is 2.43. The molecule has 1 aliphatic carbocycles. The van der Waals surface area contributed by atoms with E-state index in [-0.39, 0.29) is 47.0 Å². The Morgan fingerprint density at radius 2 is 1.82 bits per heavy atom. The third-order valence-electron chi connectivity index (χ3n) is 7.75. The molecule has 0 amide bonds. The predicted molar refractivity (Wildman–Crippen MR) is 152 cm³/mol. The molecule has 222 valence electrons. The predicted octanol–water partition coefficient (Wildman–Crippen LogP) is 6.18. The first-order chi connectivity index (χ1) is 21.1. The number of pyridine rings is 1. The van der Waals surface area contributed by atoms with Gasteiger partial charge in [0, 0.05) is 42.1 Å². The van der Waals surface area contributed by atoms with Gasteiger partial charge in [0.1, 0.15) is 35.4 Å². The summed E-state index contributed by atoms with van der Waals surface area (Å²) in [5.74, 6) is -2.73. The van der Waals surface area contributed by atoms with E-state index < -0.39 is 23.4 Å². The molecule has 3 aromatic heterocycles. The second kappa shape index (κ2) is 11.4. The van der Waals surface area contributed by atoms with Crippen molar-refractivity contribution in [3.8, 4) is 23.3 Å². The Kier molecular flexibility index (Phi) is 7.47. The fraction of sp³-hybridized carbons (Fsp3) is 0.250. The van der Waals surface area contributed by atoms with E-state index in [4.69, 9.17) is 4.74 Å². The van der Waals surface area contributed by atoms with Crippen LogP contribution in [0.15, 0.2) is 54.7 Å². The summed E-state index contributed by atoms with van der Waals surface area (Å²) in [6.07, 6.45) is 3.14. The monoisotopic (exact) mass is 598 g/mol. The summed E-state index contributed by atoms with van der Waals surface area (Å²) in [6, 6.07) is 13.2. The maximum Gasteiger partial charge on any atom is 0.354 e. The van der Waals surface area contributed by atoms with Crippen LogP contribution < -0.4 is 4.74 Å². The molecule has 0 aliphatic heterocycles. The van der Waals surface area contributed by atoms with Crippen molar-refractivity contribution in [1.82, 2.24) is 24.5 Å². The normalized spacial score (nSPS) is 13.5. The summed E-state index contributed by atoms with van der Waals surface area (Å²) in [7, 11) is 0. The minimum absolute atomic E-state index is 0.0202. The van der Waals surface area contributed by atoms with E-state index in [1.807, 2.05) is 0 Å². The van der Waals surface area contributed by atoms with Crippen LogP contribution in [-0.2, 0) is 19.6 Å². The van der Waals surface area contributed by atoms with E-state index in [0.717, 1.165) is 30.5 Å². The first kappa shape index (κ1) is 28.8. The zero-order valence-corrected chi connectivity index (χ0v) is 23.5. The summed E-state index contributed by atoms with van der Waals surface area (Å²) in [4.78, 5) is 28.6. The van der Waals surface area contributed by atoms with Crippen LogP contribution in [0.5, 0.6) is 6.01 Å². The Bertz CT molecular complexity index is 1970. The fourth-order valence-corrected chi connectivity index (χ4v) is 5.10. The van der Waals surface area contributed by atoms with Crippen molar-refractivity contribution < 1.29 is 27.8 Å². The molecule has 0 radical (unpaired) electrons. The van der Waals surface area contributed by atoms with Crippen molar-refractivity contribution in [2.75, 3.05) is 0 Å². The number of carboxylic acid groups (broad SMARTS) is 1. The molecule has 44 heavy (non-hydrogen) atoms. The summed E-state index contributed by atoms with van der Waals surface area (Å²) in [6.45, 7) is 1.97. The van der Waals surface area contributed by atoms with Crippen molar-refractivity contribution >= 4 is 17.1 Å². The minimum Gasteiger partial charge on any atom is -0.477 e. The van der Waals surface area contributed by atoms with Crippen LogP contribution in [0.2, 0.25) is 0 Å². The van der Waals surface area contributed by atoms with Gasteiger partial charge in [0.25, 0.3) is 0 Å². The van der Waals surface area contributed by atoms with Gasteiger partial charge < -0.3 is 14.4 Å². The van der Waals surface area contributed by atoms with Gasteiger partial charge in [-0.2, -0.15) is 10.2 Å². The Morgan fingerprint density at radius 3 is 2.55 bits per heavy atom. The molecule has 5 aromatic rings. The summed E-state index contributed by atoms with van der Waals surface area (Å²) in [5.41, 5.74) is 1.28. The number of imidazole rings is 1. The van der Waals surface area contributed by atoms with E-state index in [1.165, 1.54) is 30.5 Å². The molecule has 0 spiro atoms. The molecule has 1 N–H and O–H groups in total. The third-order valence-corrected chi connectivity index (χ3v) is 7.75. The van der Waals surface area contributed by atoms with Gasteiger partial charge in [0.15, 0.2) is 11.3 Å². The molecule has 1 fully saturated rings. The number of benzene rings is 2. The van der Waals surface area contributed by atoms with Crippen molar-refractivity contribution in [3.05, 3.63) is 100 Å². The summed E-state index contributed by atoms with van der Waals surface area (Å²) < 4.78 is 52.4. The number of nitrogens with zero attached hydrogens (tertiary/aromatic N) is 6. The van der Waals surface area contributed by atoms with Gasteiger partial charge in [0.05, 0.1) is 11.8 Å². The maximum atomic E-state index is 15.5. The minimum atomic E-state index is -1.20. The van der Waals surface area contributed by atoms with Crippen LogP contribution >= 0.6 is 0 Å². The number of nitriles is 1. The number of hydrogen-bond donors (Lipinski definition) is 1. The number of aryl methyl sites for hydroxylation is 1. The zero-order valence-electron chi connectivity index (χ0n) is 23.5. The number of ether oxygens (including phenoxy) is 1. The highest BCUT2D eigenvalue weighted by molar-refractivity contribution is 5.88. The van der Waals surface area contributed by atoms with E-state index in [0.29, 0.717) is 35.5 Å². The first-order valence-electron chi connectivity index (χ1n) is 13.8. The van der Waals surface area contributed by atoms with E-state index in [1.54, 1.807) is 23.6 Å². The highest BCUT2D eigenvalue weighted by Crippen LogP contribution is 2.50. The average Bonchev–Trinajstić information content (AvgIpc) is 3.68. The van der Waals surface area contributed by atoms with Crippen molar-refractivity contribution in [2.45, 2.75) is 45.8 Å². The number of fused-ring (bicyclic) bond motifs is 1. The molecule has 9 nitrogen and oxygen atoms in total. The van der Waals surface area contributed by atoms with Crippen LogP contribution in [0, 0.1) is 41.1 Å². The Balaban J connectivity index is 1.29. The lowest BCUT2D eigenvalue weighted by Gasteiger charge is -2.16. The molecule has 1 saturated carbocycles. The first-order valence-corrected chi connectivity index (χ1v) is 13.8. The molecule has 3 heterocycles. The SMILES string of the molecule is Cc1ccc(COc2nccc(-c3cc(F)c(Cc4nc5ccc(C(=O)O)nc5n4CC4(CC#N)CC4)cc3F)n2)c(F)c1. The lowest BCUT2D eigenvalue weighted by Crippen LogP contribution is -2.15. The third kappa shape index (κ3) is 5.81. The van der Waals surface area contributed by atoms with E-state index in [2.05, 4.69) is 26.0 Å². The highest BCUT2D eigenvalue weighted by atomic mass is 19.1. The Labute approximate surface area is 249 Å². The number of aromatic carboxylic acids is 1. The van der Waals surface area contributed by atoms with E-state index in [9.17, 15) is 19.6 Å². The van der Waals surface area contributed by atoms with Gasteiger partial charge in [-0.05, 0) is 67.3 Å². The standard InChI is InChI=1S/C32H25F3N6O3/c1-18-2-3-19(22(33)12-18)16-44-31-37-11-6-25(40-31)21-15-23(34)20(13-24(21)35)14-28-38-26-4-5-27(30(42)43)39-29(26)41(28)17-32(7-8-32)9-10-36/h2-6,11-13,15H,7-9,14,16-17H2,1H3,(H,42,43). The average molecular weight is 599 g/mol. The van der Waals surface area contributed by atoms with Gasteiger partial charge in [-0.25, -0.2) is 32.9 Å². The van der Waals surface area contributed by atoms with Crippen molar-refractivity contribution in [3.63, 3.8) is 0 Å². The van der Waals surface area contributed by atoms with Crippen LogP contribution in [0.4, 0.5) is 13.2 Å². The number of hydrogen-bond acceptors (Lipinski definition) is 7. The Morgan fingerprint density at radius 1 is 1.02 bits per heavy atom. The number of rotatable bonds is 10. The van der Waals surface area contributed by atoms with Crippen LogP contribution in [0.3, 0.4) is 0 Å². The second-order valence-corrected chi connectivity index (χ2v) is 11.0. The van der Waals surface area contributed by atoms with Crippen LogP contribution in [-0.4, -0.2) is 35.6 Å². The maximum absolute atomic E-state index is 15.5. The molecular formula is C32H25F3N6O3. The molecule has 12 heteroatoms. The van der Waals surface area contributed by atoms with Crippen LogP contribution in [0.25, 0.3) is 22.4 Å².